The summed E-state index contributed by atoms with van der Waals surface area (Å²) in [5.41, 5.74) is 9.47. The predicted octanol–water partition coefficient (Wildman–Crippen LogP) is 8.09. The second kappa shape index (κ2) is 16.8. The lowest BCUT2D eigenvalue weighted by Gasteiger charge is -2.18. The Bertz CT molecular complexity index is 2100. The van der Waals surface area contributed by atoms with Crippen molar-refractivity contribution in [2.45, 2.75) is 46.3 Å². The van der Waals surface area contributed by atoms with E-state index >= 15 is 0 Å². The molecule has 0 fully saturated rings. The maximum Gasteiger partial charge on any atom is 0.223 e. The molecule has 6 aromatic rings. The van der Waals surface area contributed by atoms with Crippen LogP contribution >= 0.6 is 0 Å². The van der Waals surface area contributed by atoms with Gasteiger partial charge < -0.3 is 14.4 Å². The highest BCUT2D eigenvalue weighted by Gasteiger charge is 2.13. The molecule has 51 heavy (non-hydrogen) atoms. The first-order chi connectivity index (χ1) is 24.9. The summed E-state index contributed by atoms with van der Waals surface area (Å²) in [5.74, 6) is 0.668. The molecule has 1 N–H and O–H groups in total. The van der Waals surface area contributed by atoms with Gasteiger partial charge >= 0.3 is 0 Å². The molecule has 0 spiro atoms. The molecule has 8 nitrogen and oxygen atoms in total. The number of hydrogen-bond donors (Lipinski definition) is 1. The van der Waals surface area contributed by atoms with Crippen LogP contribution in [0.3, 0.4) is 0 Å². The lowest BCUT2D eigenvalue weighted by molar-refractivity contribution is 0.233. The second-order valence-corrected chi connectivity index (χ2v) is 12.8. The molecule has 0 amide bonds. The molecule has 0 atom stereocenters. The molecular formula is C43H45N5O3. The quantitative estimate of drug-likeness (QED) is 0.111. The molecule has 0 aliphatic carbocycles. The van der Waals surface area contributed by atoms with Crippen LogP contribution in [0, 0.1) is 6.92 Å². The highest BCUT2D eigenvalue weighted by molar-refractivity contribution is 5.98. The van der Waals surface area contributed by atoms with Crippen LogP contribution in [0.15, 0.2) is 132 Å². The van der Waals surface area contributed by atoms with E-state index in [-0.39, 0.29) is 11.2 Å². The van der Waals surface area contributed by atoms with Crippen LogP contribution in [-0.2, 0) is 19.6 Å². The summed E-state index contributed by atoms with van der Waals surface area (Å²) >= 11 is 0. The Morgan fingerprint density at radius 1 is 0.824 bits per heavy atom. The number of rotatable bonds is 15. The number of aryl methyl sites for hydroxylation is 2. The van der Waals surface area contributed by atoms with Crippen molar-refractivity contribution >= 4 is 11.1 Å². The Hall–Kier alpha value is -5.73. The van der Waals surface area contributed by atoms with Gasteiger partial charge in [0.15, 0.2) is 5.75 Å². The van der Waals surface area contributed by atoms with Crippen molar-refractivity contribution in [3.8, 4) is 22.8 Å². The molecule has 8 heteroatoms. The Balaban J connectivity index is 0.997. The minimum atomic E-state index is -0.356. The number of likely N-dealkylation sites (N-methyl/N-ethyl adjacent to an activating group) is 1. The molecule has 0 saturated heterocycles. The molecule has 0 saturated carbocycles. The van der Waals surface area contributed by atoms with Crippen LogP contribution in [0.5, 0.6) is 11.5 Å². The molecule has 2 heterocycles. The number of ether oxygens (including phenoxy) is 1. The van der Waals surface area contributed by atoms with E-state index < -0.39 is 0 Å². The monoisotopic (exact) mass is 679 g/mol. The molecule has 4 aromatic carbocycles. The third-order valence-corrected chi connectivity index (χ3v) is 9.16. The van der Waals surface area contributed by atoms with E-state index in [4.69, 9.17) is 4.74 Å². The van der Waals surface area contributed by atoms with Gasteiger partial charge in [0.25, 0.3) is 0 Å². The average molecular weight is 680 g/mol. The van der Waals surface area contributed by atoms with E-state index in [1.54, 1.807) is 13.1 Å². The predicted molar refractivity (Wildman–Crippen MR) is 205 cm³/mol. The van der Waals surface area contributed by atoms with Crippen LogP contribution in [0.1, 0.15) is 47.7 Å². The van der Waals surface area contributed by atoms with Gasteiger partial charge in [-0.05, 0) is 72.3 Å². The summed E-state index contributed by atoms with van der Waals surface area (Å²) in [5, 5.41) is 18.6. The number of allylic oxidation sites excluding steroid dienone is 1. The van der Waals surface area contributed by atoms with Crippen molar-refractivity contribution in [3.63, 3.8) is 0 Å². The van der Waals surface area contributed by atoms with Gasteiger partial charge in [-0.25, -0.2) is 0 Å². The summed E-state index contributed by atoms with van der Waals surface area (Å²) in [6.07, 6.45) is 5.38. The fourth-order valence-corrected chi connectivity index (χ4v) is 6.34. The standard InChI is InChI=1S/C43H45N5O3/c1-4-39(34-12-7-5-8-13-34)42(36-14-9-6-10-15-36)37-20-22-38(23-21-37)51-29-28-46(3)30-33-16-18-35(19-17-33)40-31-48(45-44-40)26-11-25-47-27-24-41(49)43(50)32(47)2/h5-10,12-24,27,31,50H,4,11,25-26,28-30H2,1-3H3/b42-39-. The average Bonchev–Trinajstić information content (AvgIpc) is 3.64. The highest BCUT2D eigenvalue weighted by Crippen LogP contribution is 2.35. The fourth-order valence-electron chi connectivity index (χ4n) is 6.34. The van der Waals surface area contributed by atoms with Crippen molar-refractivity contribution in [2.75, 3.05) is 20.2 Å². The van der Waals surface area contributed by atoms with Crippen molar-refractivity contribution in [2.24, 2.45) is 0 Å². The van der Waals surface area contributed by atoms with Crippen LogP contribution in [0.2, 0.25) is 0 Å². The fraction of sp³-hybridized carbons (Fsp3) is 0.233. The van der Waals surface area contributed by atoms with Crippen LogP contribution in [0.25, 0.3) is 22.4 Å². The van der Waals surface area contributed by atoms with Gasteiger partial charge in [0.1, 0.15) is 18.1 Å². The summed E-state index contributed by atoms with van der Waals surface area (Å²) < 4.78 is 9.88. The zero-order chi connectivity index (χ0) is 35.6. The largest absolute Gasteiger partial charge is 0.503 e. The van der Waals surface area contributed by atoms with Crippen molar-refractivity contribution in [1.29, 1.82) is 0 Å². The maximum absolute atomic E-state index is 11.6. The van der Waals surface area contributed by atoms with Crippen LogP contribution in [-0.4, -0.2) is 49.8 Å². The first kappa shape index (κ1) is 35.1. The van der Waals surface area contributed by atoms with Crippen molar-refractivity contribution in [3.05, 3.63) is 166 Å². The smallest absolute Gasteiger partial charge is 0.223 e. The van der Waals surface area contributed by atoms with Gasteiger partial charge in [0.2, 0.25) is 5.43 Å². The van der Waals surface area contributed by atoms with Crippen molar-refractivity contribution < 1.29 is 9.84 Å². The lowest BCUT2D eigenvalue weighted by atomic mass is 9.88. The SMILES string of the molecule is CC/C(=C(\c1ccccc1)c1ccc(OCCN(C)Cc2ccc(-c3cn(CCCn4ccc(=O)c(O)c4C)nn3)cc2)cc1)c1ccccc1. The third-order valence-electron chi connectivity index (χ3n) is 9.16. The van der Waals surface area contributed by atoms with E-state index in [0.29, 0.717) is 25.4 Å². The second-order valence-electron chi connectivity index (χ2n) is 12.8. The van der Waals surface area contributed by atoms with Gasteiger partial charge in [0.05, 0.1) is 11.9 Å². The third kappa shape index (κ3) is 8.90. The number of aromatic nitrogens is 4. The molecule has 0 unspecified atom stereocenters. The first-order valence-electron chi connectivity index (χ1n) is 17.5. The van der Waals surface area contributed by atoms with Gasteiger partial charge in [-0.1, -0.05) is 109 Å². The Morgan fingerprint density at radius 2 is 1.49 bits per heavy atom. The molecular weight excluding hydrogens is 635 g/mol. The molecule has 260 valence electrons. The van der Waals surface area contributed by atoms with Gasteiger partial charge in [0, 0.05) is 44.0 Å². The highest BCUT2D eigenvalue weighted by atomic mass is 16.5. The topological polar surface area (TPSA) is 85.4 Å². The number of benzene rings is 4. The van der Waals surface area contributed by atoms with Gasteiger partial charge in [-0.15, -0.1) is 5.10 Å². The van der Waals surface area contributed by atoms with Crippen LogP contribution in [0.4, 0.5) is 0 Å². The minimum Gasteiger partial charge on any atom is -0.503 e. The summed E-state index contributed by atoms with van der Waals surface area (Å²) in [4.78, 5) is 13.9. The Labute approximate surface area is 299 Å². The number of aromatic hydroxyl groups is 1. The number of nitrogens with zero attached hydrogens (tertiary/aromatic N) is 5. The van der Waals surface area contributed by atoms with E-state index in [2.05, 4.69) is 138 Å². The van der Waals surface area contributed by atoms with E-state index in [1.807, 2.05) is 15.4 Å². The van der Waals surface area contributed by atoms with Gasteiger partial charge in [-0.3, -0.25) is 14.4 Å². The number of hydrogen-bond acceptors (Lipinski definition) is 6. The summed E-state index contributed by atoms with van der Waals surface area (Å²) in [6.45, 7) is 7.49. The summed E-state index contributed by atoms with van der Waals surface area (Å²) in [7, 11) is 2.11. The van der Waals surface area contributed by atoms with E-state index in [0.717, 1.165) is 42.9 Å². The van der Waals surface area contributed by atoms with E-state index in [9.17, 15) is 9.90 Å². The molecule has 0 radical (unpaired) electrons. The maximum atomic E-state index is 11.6. The normalized spacial score (nSPS) is 11.8. The Kier molecular flexibility index (Phi) is 11.6. The molecule has 0 aliphatic rings. The molecule has 6 rings (SSSR count). The Morgan fingerprint density at radius 3 is 2.18 bits per heavy atom. The van der Waals surface area contributed by atoms with Crippen LogP contribution < -0.4 is 10.2 Å². The van der Waals surface area contributed by atoms with E-state index in [1.165, 1.54) is 39.5 Å². The lowest BCUT2D eigenvalue weighted by Crippen LogP contribution is -2.23. The van der Waals surface area contributed by atoms with Crippen molar-refractivity contribution in [1.82, 2.24) is 24.5 Å². The summed E-state index contributed by atoms with van der Waals surface area (Å²) in [6, 6.07) is 39.6. The molecule has 0 bridgehead atoms. The minimum absolute atomic E-state index is 0.194. The molecule has 0 aliphatic heterocycles. The number of pyridine rings is 1. The zero-order valence-corrected chi connectivity index (χ0v) is 29.6. The van der Waals surface area contributed by atoms with Gasteiger partial charge in [-0.2, -0.15) is 0 Å². The zero-order valence-electron chi connectivity index (χ0n) is 29.6. The first-order valence-corrected chi connectivity index (χ1v) is 17.5. The molecule has 2 aromatic heterocycles.